The monoisotopic (exact) mass is 338 g/mol. The van der Waals surface area contributed by atoms with Crippen LogP contribution in [-0.4, -0.2) is 38.6 Å². The molecule has 1 aliphatic rings. The van der Waals surface area contributed by atoms with Gasteiger partial charge in [-0.1, -0.05) is 0 Å². The molecule has 1 saturated heterocycles. The Morgan fingerprint density at radius 1 is 1.32 bits per heavy atom. The van der Waals surface area contributed by atoms with Crippen LogP contribution in [0.2, 0.25) is 0 Å². The van der Waals surface area contributed by atoms with Crippen molar-refractivity contribution in [3.8, 4) is 0 Å². The SMILES string of the molecule is CCn1ncc2ccc(NC(=O)[C@H]3CNC[C@@H]3c3cnn(C)c3)cc21. The molecule has 1 amide bonds. The molecular weight excluding hydrogens is 316 g/mol. The molecule has 7 heteroatoms. The van der Waals surface area contributed by atoms with Crippen molar-refractivity contribution in [3.63, 3.8) is 0 Å². The minimum Gasteiger partial charge on any atom is -0.326 e. The van der Waals surface area contributed by atoms with Gasteiger partial charge in [0.2, 0.25) is 5.91 Å². The van der Waals surface area contributed by atoms with Crippen LogP contribution in [0.3, 0.4) is 0 Å². The van der Waals surface area contributed by atoms with E-state index in [-0.39, 0.29) is 17.7 Å². The summed E-state index contributed by atoms with van der Waals surface area (Å²) < 4.78 is 3.71. The Labute approximate surface area is 146 Å². The number of aromatic nitrogens is 4. The van der Waals surface area contributed by atoms with E-state index in [1.54, 1.807) is 4.68 Å². The zero-order valence-electron chi connectivity index (χ0n) is 14.4. The maximum absolute atomic E-state index is 12.8. The second-order valence-electron chi connectivity index (χ2n) is 6.54. The quantitative estimate of drug-likeness (QED) is 0.760. The summed E-state index contributed by atoms with van der Waals surface area (Å²) in [5.41, 5.74) is 2.95. The molecule has 0 aliphatic carbocycles. The van der Waals surface area contributed by atoms with Gasteiger partial charge in [0.25, 0.3) is 0 Å². The van der Waals surface area contributed by atoms with Crippen LogP contribution in [0.15, 0.2) is 36.8 Å². The van der Waals surface area contributed by atoms with Gasteiger partial charge in [-0.2, -0.15) is 10.2 Å². The van der Waals surface area contributed by atoms with Crippen LogP contribution in [0, 0.1) is 5.92 Å². The summed E-state index contributed by atoms with van der Waals surface area (Å²) in [6.45, 7) is 4.34. The highest BCUT2D eigenvalue weighted by atomic mass is 16.2. The molecule has 7 nitrogen and oxygen atoms in total. The average Bonchev–Trinajstić information content (AvgIpc) is 3.32. The topological polar surface area (TPSA) is 76.8 Å². The normalized spacial score (nSPS) is 20.2. The second kappa shape index (κ2) is 6.33. The molecule has 0 unspecified atom stereocenters. The number of hydrogen-bond acceptors (Lipinski definition) is 4. The maximum Gasteiger partial charge on any atom is 0.229 e. The summed E-state index contributed by atoms with van der Waals surface area (Å²) in [5.74, 6) is 0.0929. The predicted octanol–water partition coefficient (Wildman–Crippen LogP) is 1.73. The lowest BCUT2D eigenvalue weighted by Gasteiger charge is -2.17. The highest BCUT2D eigenvalue weighted by Gasteiger charge is 2.34. The third-order valence-electron chi connectivity index (χ3n) is 4.92. The van der Waals surface area contributed by atoms with Crippen LogP contribution in [-0.2, 0) is 18.4 Å². The van der Waals surface area contributed by atoms with Crippen LogP contribution in [0.25, 0.3) is 10.9 Å². The van der Waals surface area contributed by atoms with Crippen molar-refractivity contribution in [1.29, 1.82) is 0 Å². The summed E-state index contributed by atoms with van der Waals surface area (Å²) in [4.78, 5) is 12.8. The van der Waals surface area contributed by atoms with E-state index >= 15 is 0 Å². The largest absolute Gasteiger partial charge is 0.326 e. The van der Waals surface area contributed by atoms with Crippen molar-refractivity contribution in [2.24, 2.45) is 13.0 Å². The molecule has 0 bridgehead atoms. The van der Waals surface area contributed by atoms with Crippen molar-refractivity contribution in [3.05, 3.63) is 42.4 Å². The molecule has 0 saturated carbocycles. The van der Waals surface area contributed by atoms with Gasteiger partial charge in [-0.05, 0) is 30.7 Å². The Morgan fingerprint density at radius 3 is 2.96 bits per heavy atom. The van der Waals surface area contributed by atoms with E-state index in [2.05, 4.69) is 27.8 Å². The average molecular weight is 338 g/mol. The van der Waals surface area contributed by atoms with Crippen molar-refractivity contribution in [1.82, 2.24) is 24.9 Å². The first-order chi connectivity index (χ1) is 12.2. The zero-order valence-corrected chi connectivity index (χ0v) is 14.4. The molecule has 130 valence electrons. The van der Waals surface area contributed by atoms with E-state index < -0.39 is 0 Å². The molecule has 4 rings (SSSR count). The van der Waals surface area contributed by atoms with Gasteiger partial charge in [-0.25, -0.2) is 0 Å². The van der Waals surface area contributed by atoms with E-state index in [1.807, 2.05) is 48.5 Å². The number of fused-ring (bicyclic) bond motifs is 1. The Bertz CT molecular complexity index is 911. The summed E-state index contributed by atoms with van der Waals surface area (Å²) in [5, 5.41) is 16.1. The number of anilines is 1. The number of nitrogens with zero attached hydrogens (tertiary/aromatic N) is 4. The molecule has 2 atom stereocenters. The van der Waals surface area contributed by atoms with E-state index in [9.17, 15) is 4.79 Å². The zero-order chi connectivity index (χ0) is 17.4. The third kappa shape index (κ3) is 2.91. The molecule has 2 aromatic heterocycles. The Hall–Kier alpha value is -2.67. The van der Waals surface area contributed by atoms with Crippen LogP contribution >= 0.6 is 0 Å². The summed E-state index contributed by atoms with van der Waals surface area (Å²) >= 11 is 0. The second-order valence-corrected chi connectivity index (χ2v) is 6.54. The number of rotatable bonds is 4. The first-order valence-electron chi connectivity index (χ1n) is 8.61. The van der Waals surface area contributed by atoms with Gasteiger partial charge < -0.3 is 10.6 Å². The predicted molar refractivity (Wildman–Crippen MR) is 96.3 cm³/mol. The Balaban J connectivity index is 1.55. The maximum atomic E-state index is 12.8. The first kappa shape index (κ1) is 15.8. The number of amides is 1. The van der Waals surface area contributed by atoms with Gasteiger partial charge in [0.15, 0.2) is 0 Å². The van der Waals surface area contributed by atoms with Gasteiger partial charge in [0.1, 0.15) is 0 Å². The third-order valence-corrected chi connectivity index (χ3v) is 4.92. The minimum atomic E-state index is -0.101. The van der Waals surface area contributed by atoms with Crippen molar-refractivity contribution in [2.75, 3.05) is 18.4 Å². The Kier molecular flexibility index (Phi) is 4.01. The van der Waals surface area contributed by atoms with E-state index in [4.69, 9.17) is 0 Å². The fourth-order valence-electron chi connectivity index (χ4n) is 3.57. The standard InChI is InChI=1S/C18H22N6O/c1-3-24-17-6-14(5-4-12(17)7-21-24)22-18(25)16-10-19-9-15(16)13-8-20-23(2)11-13/h4-8,11,15-16,19H,3,9-10H2,1-2H3,(H,22,25)/t15-,16+/m1/s1. The molecule has 1 aliphatic heterocycles. The van der Waals surface area contributed by atoms with Gasteiger partial charge in [-0.3, -0.25) is 14.2 Å². The molecule has 25 heavy (non-hydrogen) atoms. The van der Waals surface area contributed by atoms with E-state index in [0.29, 0.717) is 6.54 Å². The van der Waals surface area contributed by atoms with Gasteiger partial charge in [0, 0.05) is 49.9 Å². The summed E-state index contributed by atoms with van der Waals surface area (Å²) in [6.07, 6.45) is 5.69. The molecule has 0 spiro atoms. The Morgan fingerprint density at radius 2 is 2.20 bits per heavy atom. The lowest BCUT2D eigenvalue weighted by molar-refractivity contribution is -0.119. The van der Waals surface area contributed by atoms with Crippen LogP contribution in [0.1, 0.15) is 18.4 Å². The molecule has 2 N–H and O–H groups in total. The van der Waals surface area contributed by atoms with Crippen molar-refractivity contribution >= 4 is 22.5 Å². The van der Waals surface area contributed by atoms with Crippen molar-refractivity contribution in [2.45, 2.75) is 19.4 Å². The highest BCUT2D eigenvalue weighted by Crippen LogP contribution is 2.29. The number of benzene rings is 1. The van der Waals surface area contributed by atoms with Crippen LogP contribution in [0.5, 0.6) is 0 Å². The van der Waals surface area contributed by atoms with E-state index in [1.165, 1.54) is 0 Å². The molecule has 3 aromatic rings. The summed E-state index contributed by atoms with van der Waals surface area (Å²) in [7, 11) is 1.90. The lowest BCUT2D eigenvalue weighted by Crippen LogP contribution is -2.28. The molecule has 0 radical (unpaired) electrons. The van der Waals surface area contributed by atoms with Gasteiger partial charge in [-0.15, -0.1) is 0 Å². The van der Waals surface area contributed by atoms with Crippen molar-refractivity contribution < 1.29 is 4.79 Å². The van der Waals surface area contributed by atoms with Crippen LogP contribution < -0.4 is 10.6 Å². The smallest absolute Gasteiger partial charge is 0.229 e. The first-order valence-corrected chi connectivity index (χ1v) is 8.61. The molecular formula is C18H22N6O. The highest BCUT2D eigenvalue weighted by molar-refractivity contribution is 5.95. The number of carbonyl (C=O) groups is 1. The van der Waals surface area contributed by atoms with E-state index in [0.717, 1.165) is 35.2 Å². The van der Waals surface area contributed by atoms with Crippen LogP contribution in [0.4, 0.5) is 5.69 Å². The molecule has 1 aromatic carbocycles. The summed E-state index contributed by atoms with van der Waals surface area (Å²) in [6, 6.07) is 5.92. The minimum absolute atomic E-state index is 0.0424. The molecule has 3 heterocycles. The number of carbonyl (C=O) groups excluding carboxylic acids is 1. The fraction of sp³-hybridized carbons (Fsp3) is 0.389. The molecule has 1 fully saturated rings. The van der Waals surface area contributed by atoms with Gasteiger partial charge >= 0.3 is 0 Å². The fourth-order valence-corrected chi connectivity index (χ4v) is 3.57. The van der Waals surface area contributed by atoms with Gasteiger partial charge in [0.05, 0.1) is 23.8 Å². The lowest BCUT2D eigenvalue weighted by atomic mass is 9.90. The number of aryl methyl sites for hydroxylation is 2. The number of hydrogen-bond donors (Lipinski definition) is 2. The number of nitrogens with one attached hydrogen (secondary N) is 2.